The Morgan fingerprint density at radius 2 is 2.00 bits per heavy atom. The van der Waals surface area contributed by atoms with Crippen molar-refractivity contribution in [3.63, 3.8) is 0 Å². The SMILES string of the molecule is COC1=CC(=O)C2(C=C1)CCCc1cc(O)c(O)cc12. The average molecular weight is 272 g/mol. The topological polar surface area (TPSA) is 66.8 Å². The molecule has 3 rings (SSSR count). The third kappa shape index (κ3) is 1.72. The number of carbonyl (C=O) groups excluding carboxylic acids is 1. The molecule has 0 aliphatic heterocycles. The molecule has 0 saturated heterocycles. The molecule has 20 heavy (non-hydrogen) atoms. The van der Waals surface area contributed by atoms with E-state index in [1.54, 1.807) is 12.1 Å². The van der Waals surface area contributed by atoms with E-state index in [1.807, 2.05) is 6.08 Å². The number of benzene rings is 1. The predicted octanol–water partition coefficient (Wildman–Crippen LogP) is 2.34. The zero-order chi connectivity index (χ0) is 14.3. The number of methoxy groups -OCH3 is 1. The molecule has 0 radical (unpaired) electrons. The third-order valence-electron chi connectivity index (χ3n) is 4.18. The van der Waals surface area contributed by atoms with Gasteiger partial charge in [-0.25, -0.2) is 0 Å². The maximum atomic E-state index is 12.5. The van der Waals surface area contributed by atoms with Crippen molar-refractivity contribution >= 4 is 5.78 Å². The molecule has 0 aromatic heterocycles. The number of rotatable bonds is 1. The van der Waals surface area contributed by atoms with Gasteiger partial charge in [0.15, 0.2) is 17.3 Å². The highest BCUT2D eigenvalue weighted by Crippen LogP contribution is 2.45. The quantitative estimate of drug-likeness (QED) is 0.770. The number of aryl methyl sites for hydroxylation is 1. The Bertz CT molecular complexity index is 642. The molecule has 0 bridgehead atoms. The first-order valence-corrected chi connectivity index (χ1v) is 6.61. The molecule has 1 atom stereocenters. The molecule has 2 aliphatic carbocycles. The van der Waals surface area contributed by atoms with Crippen LogP contribution in [0.15, 0.2) is 36.1 Å². The minimum atomic E-state index is -0.735. The summed E-state index contributed by atoms with van der Waals surface area (Å²) in [5.74, 6) is 0.174. The van der Waals surface area contributed by atoms with Crippen molar-refractivity contribution in [2.24, 2.45) is 0 Å². The molecule has 2 aliphatic rings. The Labute approximate surface area is 117 Å². The van der Waals surface area contributed by atoms with Gasteiger partial charge in [-0.3, -0.25) is 4.79 Å². The standard InChI is InChI=1S/C16H16O4/c1-20-11-4-6-16(15(19)8-11)5-2-3-10-7-13(17)14(18)9-12(10)16/h4,6-9,17-18H,2-3,5H2,1H3. The smallest absolute Gasteiger partial charge is 0.173 e. The first-order chi connectivity index (χ1) is 9.56. The monoisotopic (exact) mass is 272 g/mol. The lowest BCUT2D eigenvalue weighted by Crippen LogP contribution is -2.38. The van der Waals surface area contributed by atoms with E-state index in [0.717, 1.165) is 24.0 Å². The van der Waals surface area contributed by atoms with Crippen molar-refractivity contribution in [3.8, 4) is 11.5 Å². The normalized spacial score (nSPS) is 24.4. The lowest BCUT2D eigenvalue weighted by molar-refractivity contribution is -0.119. The lowest BCUT2D eigenvalue weighted by Gasteiger charge is -2.36. The highest BCUT2D eigenvalue weighted by atomic mass is 16.5. The van der Waals surface area contributed by atoms with E-state index < -0.39 is 5.41 Å². The molecule has 0 amide bonds. The summed E-state index contributed by atoms with van der Waals surface area (Å²) in [6.07, 6.45) is 7.51. The van der Waals surface area contributed by atoms with Gasteiger partial charge >= 0.3 is 0 Å². The second-order valence-electron chi connectivity index (χ2n) is 5.27. The first kappa shape index (κ1) is 12.8. The molecule has 1 unspecified atom stereocenters. The minimum absolute atomic E-state index is 0.0390. The molecule has 4 nitrogen and oxygen atoms in total. The van der Waals surface area contributed by atoms with Gasteiger partial charge in [-0.05, 0) is 48.6 Å². The summed E-state index contributed by atoms with van der Waals surface area (Å²) in [4.78, 5) is 12.5. The lowest BCUT2D eigenvalue weighted by atomic mass is 9.66. The Morgan fingerprint density at radius 1 is 1.25 bits per heavy atom. The molecule has 1 spiro atoms. The van der Waals surface area contributed by atoms with Crippen LogP contribution in [0.2, 0.25) is 0 Å². The number of ether oxygens (including phenoxy) is 1. The van der Waals surface area contributed by atoms with Gasteiger partial charge in [0.05, 0.1) is 12.5 Å². The van der Waals surface area contributed by atoms with Crippen LogP contribution in [0.25, 0.3) is 0 Å². The summed E-state index contributed by atoms with van der Waals surface area (Å²) in [5, 5.41) is 19.4. The molecule has 1 aromatic carbocycles. The van der Waals surface area contributed by atoms with Crippen molar-refractivity contribution < 1.29 is 19.7 Å². The maximum absolute atomic E-state index is 12.5. The van der Waals surface area contributed by atoms with Gasteiger partial charge in [0.1, 0.15) is 5.76 Å². The fourth-order valence-electron chi connectivity index (χ4n) is 3.10. The molecule has 0 fully saturated rings. The first-order valence-electron chi connectivity index (χ1n) is 6.61. The number of hydrogen-bond donors (Lipinski definition) is 2. The zero-order valence-corrected chi connectivity index (χ0v) is 11.2. The van der Waals surface area contributed by atoms with Crippen molar-refractivity contribution in [2.45, 2.75) is 24.7 Å². The van der Waals surface area contributed by atoms with Crippen molar-refractivity contribution in [2.75, 3.05) is 7.11 Å². The zero-order valence-electron chi connectivity index (χ0n) is 11.2. The Kier molecular flexibility index (Phi) is 2.82. The molecule has 104 valence electrons. The molecule has 4 heteroatoms. The van der Waals surface area contributed by atoms with Gasteiger partial charge in [0.2, 0.25) is 0 Å². The summed E-state index contributed by atoms with van der Waals surface area (Å²) in [5.41, 5.74) is 0.964. The number of aromatic hydroxyl groups is 2. The molecule has 0 saturated carbocycles. The Morgan fingerprint density at radius 3 is 2.70 bits per heavy atom. The molecular weight excluding hydrogens is 256 g/mol. The van der Waals surface area contributed by atoms with Crippen LogP contribution in [0, 0.1) is 0 Å². The van der Waals surface area contributed by atoms with Gasteiger partial charge in [0, 0.05) is 6.08 Å². The summed E-state index contributed by atoms with van der Waals surface area (Å²) in [6, 6.07) is 3.07. The fraction of sp³-hybridized carbons (Fsp3) is 0.312. The second kappa shape index (κ2) is 4.40. The van der Waals surface area contributed by atoms with E-state index in [2.05, 4.69) is 0 Å². The Balaban J connectivity index is 2.15. The highest BCUT2D eigenvalue weighted by molar-refractivity contribution is 6.03. The van der Waals surface area contributed by atoms with E-state index in [9.17, 15) is 15.0 Å². The Hall–Kier alpha value is -2.23. The van der Waals surface area contributed by atoms with Crippen LogP contribution in [0.5, 0.6) is 11.5 Å². The number of hydrogen-bond acceptors (Lipinski definition) is 4. The van der Waals surface area contributed by atoms with Crippen LogP contribution in [-0.2, 0) is 21.4 Å². The maximum Gasteiger partial charge on any atom is 0.173 e. The largest absolute Gasteiger partial charge is 0.504 e. The average Bonchev–Trinajstić information content (AvgIpc) is 2.44. The molecular formula is C16H16O4. The molecule has 1 aromatic rings. The second-order valence-corrected chi connectivity index (χ2v) is 5.27. The molecule has 2 N–H and O–H groups in total. The van der Waals surface area contributed by atoms with Gasteiger partial charge in [-0.15, -0.1) is 0 Å². The van der Waals surface area contributed by atoms with E-state index in [4.69, 9.17) is 4.74 Å². The molecule has 0 heterocycles. The van der Waals surface area contributed by atoms with Crippen LogP contribution >= 0.6 is 0 Å². The van der Waals surface area contributed by atoms with E-state index in [0.29, 0.717) is 12.2 Å². The van der Waals surface area contributed by atoms with E-state index in [1.165, 1.54) is 19.3 Å². The number of allylic oxidation sites excluding steroid dienone is 3. The summed E-state index contributed by atoms with van der Waals surface area (Å²) >= 11 is 0. The van der Waals surface area contributed by atoms with E-state index in [-0.39, 0.29) is 17.3 Å². The third-order valence-corrected chi connectivity index (χ3v) is 4.18. The van der Waals surface area contributed by atoms with Crippen molar-refractivity contribution in [1.82, 2.24) is 0 Å². The minimum Gasteiger partial charge on any atom is -0.504 e. The van der Waals surface area contributed by atoms with Gasteiger partial charge in [-0.2, -0.15) is 0 Å². The number of phenolic OH excluding ortho intramolecular Hbond substituents is 2. The van der Waals surface area contributed by atoms with Crippen molar-refractivity contribution in [1.29, 1.82) is 0 Å². The van der Waals surface area contributed by atoms with Crippen LogP contribution in [0.3, 0.4) is 0 Å². The highest BCUT2D eigenvalue weighted by Gasteiger charge is 2.42. The number of ketones is 1. The van der Waals surface area contributed by atoms with Crippen LogP contribution in [-0.4, -0.2) is 23.1 Å². The van der Waals surface area contributed by atoms with Crippen LogP contribution in [0.1, 0.15) is 24.0 Å². The van der Waals surface area contributed by atoms with Crippen LogP contribution in [0.4, 0.5) is 0 Å². The number of carbonyl (C=O) groups is 1. The number of phenols is 2. The summed E-state index contributed by atoms with van der Waals surface area (Å²) < 4.78 is 5.09. The predicted molar refractivity (Wildman–Crippen MR) is 73.6 cm³/mol. The van der Waals surface area contributed by atoms with E-state index >= 15 is 0 Å². The van der Waals surface area contributed by atoms with Gasteiger partial charge in [0.25, 0.3) is 0 Å². The summed E-state index contributed by atoms with van der Waals surface area (Å²) in [7, 11) is 1.53. The van der Waals surface area contributed by atoms with Crippen molar-refractivity contribution in [3.05, 3.63) is 47.2 Å². The summed E-state index contributed by atoms with van der Waals surface area (Å²) in [6.45, 7) is 0. The fourth-order valence-corrected chi connectivity index (χ4v) is 3.10. The van der Waals surface area contributed by atoms with Crippen LogP contribution < -0.4 is 0 Å². The van der Waals surface area contributed by atoms with Gasteiger partial charge in [-0.1, -0.05) is 6.08 Å². The van der Waals surface area contributed by atoms with Gasteiger partial charge < -0.3 is 14.9 Å². The number of fused-ring (bicyclic) bond motifs is 2.